The number of H-pyrrole nitrogens is 1. The number of benzene rings is 1. The molecule has 1 amide bonds. The van der Waals surface area contributed by atoms with Gasteiger partial charge in [0.05, 0.1) is 5.02 Å². The average Bonchev–Trinajstić information content (AvgIpc) is 2.63. The number of likely N-dealkylation sites (tertiary alicyclic amines) is 1. The van der Waals surface area contributed by atoms with Gasteiger partial charge in [0, 0.05) is 43.4 Å². The summed E-state index contributed by atoms with van der Waals surface area (Å²) in [6.45, 7) is 5.53. The van der Waals surface area contributed by atoms with Crippen molar-refractivity contribution in [1.29, 1.82) is 0 Å². The molecule has 1 aliphatic heterocycles. The van der Waals surface area contributed by atoms with Crippen molar-refractivity contribution in [3.05, 3.63) is 39.8 Å². The maximum atomic E-state index is 12.4. The first-order chi connectivity index (χ1) is 12.5. The van der Waals surface area contributed by atoms with Crippen molar-refractivity contribution < 1.29 is 9.53 Å². The molecule has 140 valence electrons. The minimum atomic E-state index is -0.163. The maximum Gasteiger partial charge on any atom is 0.255 e. The van der Waals surface area contributed by atoms with Crippen LogP contribution in [0.3, 0.4) is 0 Å². The minimum absolute atomic E-state index is 0.0254. The number of carbonyl (C=O) groups excluding carboxylic acids is 1. The molecule has 0 unspecified atom stereocenters. The van der Waals surface area contributed by atoms with Crippen LogP contribution >= 0.6 is 11.6 Å². The first-order valence-corrected chi connectivity index (χ1v) is 9.63. The molecule has 1 atom stereocenters. The average molecular weight is 377 g/mol. The number of nitrogens with zero attached hydrogens (tertiary/aromatic N) is 1. The molecule has 2 heterocycles. The van der Waals surface area contributed by atoms with Gasteiger partial charge < -0.3 is 14.6 Å². The first kappa shape index (κ1) is 18.8. The second-order valence-electron chi connectivity index (χ2n) is 7.01. The van der Waals surface area contributed by atoms with Crippen molar-refractivity contribution >= 4 is 28.3 Å². The Labute approximate surface area is 158 Å². The van der Waals surface area contributed by atoms with Gasteiger partial charge in [0.25, 0.3) is 5.56 Å². The minimum Gasteiger partial charge on any atom is -0.489 e. The molecular weight excluding hydrogens is 352 g/mol. The van der Waals surface area contributed by atoms with E-state index in [2.05, 4.69) is 11.9 Å². The number of carbonyl (C=O) groups is 1. The van der Waals surface area contributed by atoms with Gasteiger partial charge in [-0.2, -0.15) is 0 Å². The van der Waals surface area contributed by atoms with Gasteiger partial charge in [-0.3, -0.25) is 9.59 Å². The standard InChI is InChI=1S/C20H25ClN2O3/c1-3-4-13(2)20(25)23-9-6-15(7-10-23)26-18-11-14-5-8-22-19(24)16(14)12-17(18)21/h5,8,11-13,15H,3-4,6-7,9-10H2,1-2H3,(H,22,24)/t13-/m0/s1. The zero-order chi connectivity index (χ0) is 18.7. The van der Waals surface area contributed by atoms with Crippen molar-refractivity contribution in [2.24, 2.45) is 5.92 Å². The van der Waals surface area contributed by atoms with Gasteiger partial charge in [-0.15, -0.1) is 0 Å². The summed E-state index contributed by atoms with van der Waals surface area (Å²) in [7, 11) is 0. The molecule has 1 aliphatic rings. The first-order valence-electron chi connectivity index (χ1n) is 9.26. The molecule has 1 aromatic carbocycles. The Kier molecular flexibility index (Phi) is 5.87. The number of ether oxygens (including phenoxy) is 1. The van der Waals surface area contributed by atoms with Crippen molar-refractivity contribution in [3.63, 3.8) is 0 Å². The van der Waals surface area contributed by atoms with Crippen molar-refractivity contribution in [2.45, 2.75) is 45.6 Å². The maximum absolute atomic E-state index is 12.4. The van der Waals surface area contributed by atoms with Crippen LogP contribution in [-0.4, -0.2) is 35.0 Å². The number of piperidine rings is 1. The molecule has 0 spiro atoms. The van der Waals surface area contributed by atoms with E-state index in [0.29, 0.717) is 29.2 Å². The van der Waals surface area contributed by atoms with E-state index in [9.17, 15) is 9.59 Å². The lowest BCUT2D eigenvalue weighted by Gasteiger charge is -2.34. The van der Waals surface area contributed by atoms with Crippen LogP contribution in [0.4, 0.5) is 0 Å². The van der Waals surface area contributed by atoms with Crippen LogP contribution in [0, 0.1) is 5.92 Å². The number of rotatable bonds is 5. The number of halogens is 1. The number of nitrogens with one attached hydrogen (secondary N) is 1. The lowest BCUT2D eigenvalue weighted by atomic mass is 10.0. The molecule has 1 N–H and O–H groups in total. The van der Waals surface area contributed by atoms with Crippen LogP contribution < -0.4 is 10.3 Å². The summed E-state index contributed by atoms with van der Waals surface area (Å²) in [5.41, 5.74) is -0.163. The third-order valence-corrected chi connectivity index (χ3v) is 5.31. The zero-order valence-electron chi connectivity index (χ0n) is 15.3. The molecule has 3 rings (SSSR count). The summed E-state index contributed by atoms with van der Waals surface area (Å²) in [4.78, 5) is 28.8. The van der Waals surface area contributed by atoms with Gasteiger partial charge in [-0.05, 0) is 30.0 Å². The summed E-state index contributed by atoms with van der Waals surface area (Å²) >= 11 is 6.31. The lowest BCUT2D eigenvalue weighted by Crippen LogP contribution is -2.43. The van der Waals surface area contributed by atoms with Crippen LogP contribution in [0.1, 0.15) is 39.5 Å². The molecule has 6 heteroatoms. The third-order valence-electron chi connectivity index (χ3n) is 5.02. The smallest absolute Gasteiger partial charge is 0.255 e. The van der Waals surface area contributed by atoms with E-state index in [-0.39, 0.29) is 23.5 Å². The highest BCUT2D eigenvalue weighted by Gasteiger charge is 2.27. The number of aromatic amines is 1. The van der Waals surface area contributed by atoms with Crippen molar-refractivity contribution in [3.8, 4) is 5.75 Å². The Morgan fingerprint density at radius 2 is 2.12 bits per heavy atom. The second kappa shape index (κ2) is 8.12. The van der Waals surface area contributed by atoms with Crippen molar-refractivity contribution in [1.82, 2.24) is 9.88 Å². The Morgan fingerprint density at radius 1 is 1.38 bits per heavy atom. The predicted octanol–water partition coefficient (Wildman–Crippen LogP) is 3.99. The lowest BCUT2D eigenvalue weighted by molar-refractivity contribution is -0.137. The molecule has 0 saturated carbocycles. The molecule has 2 aromatic rings. The number of hydrogen-bond donors (Lipinski definition) is 1. The highest BCUT2D eigenvalue weighted by molar-refractivity contribution is 6.32. The topological polar surface area (TPSA) is 62.4 Å². The van der Waals surface area contributed by atoms with Crippen LogP contribution in [0.2, 0.25) is 5.02 Å². The number of fused-ring (bicyclic) bond motifs is 1. The van der Waals surface area contributed by atoms with Crippen LogP contribution in [0.25, 0.3) is 10.8 Å². The van der Waals surface area contributed by atoms with E-state index in [1.54, 1.807) is 12.3 Å². The van der Waals surface area contributed by atoms with E-state index < -0.39 is 0 Å². The molecule has 1 fully saturated rings. The zero-order valence-corrected chi connectivity index (χ0v) is 16.0. The van der Waals surface area contributed by atoms with Gasteiger partial charge in [-0.25, -0.2) is 0 Å². The van der Waals surface area contributed by atoms with Crippen LogP contribution in [-0.2, 0) is 4.79 Å². The fourth-order valence-electron chi connectivity index (χ4n) is 3.52. The number of hydrogen-bond acceptors (Lipinski definition) is 3. The van der Waals surface area contributed by atoms with Gasteiger partial charge in [0.1, 0.15) is 11.9 Å². The van der Waals surface area contributed by atoms with Gasteiger partial charge in [0.15, 0.2) is 0 Å². The monoisotopic (exact) mass is 376 g/mol. The Hall–Kier alpha value is -2.01. The molecular formula is C20H25ClN2O3. The summed E-state index contributed by atoms with van der Waals surface area (Å²) in [6, 6.07) is 5.29. The summed E-state index contributed by atoms with van der Waals surface area (Å²) < 4.78 is 6.09. The van der Waals surface area contributed by atoms with E-state index in [1.807, 2.05) is 24.0 Å². The second-order valence-corrected chi connectivity index (χ2v) is 7.42. The van der Waals surface area contributed by atoms with Gasteiger partial charge >= 0.3 is 0 Å². The summed E-state index contributed by atoms with van der Waals surface area (Å²) in [6.07, 6.45) is 5.17. The number of pyridine rings is 1. The van der Waals surface area contributed by atoms with E-state index in [1.165, 1.54) is 0 Å². The Bertz CT molecular complexity index is 841. The third kappa shape index (κ3) is 4.04. The molecule has 5 nitrogen and oxygen atoms in total. The molecule has 0 aliphatic carbocycles. The highest BCUT2D eigenvalue weighted by Crippen LogP contribution is 2.31. The molecule has 0 radical (unpaired) electrons. The summed E-state index contributed by atoms with van der Waals surface area (Å²) in [5, 5.41) is 1.79. The normalized spacial score (nSPS) is 16.7. The van der Waals surface area contributed by atoms with Crippen LogP contribution in [0.5, 0.6) is 5.75 Å². The van der Waals surface area contributed by atoms with Crippen LogP contribution in [0.15, 0.2) is 29.2 Å². The van der Waals surface area contributed by atoms with E-state index >= 15 is 0 Å². The fraction of sp³-hybridized carbons (Fsp3) is 0.500. The Balaban J connectivity index is 1.65. The van der Waals surface area contributed by atoms with Gasteiger partial charge in [0.2, 0.25) is 5.91 Å². The molecule has 0 bridgehead atoms. The number of aromatic nitrogens is 1. The Morgan fingerprint density at radius 3 is 2.81 bits per heavy atom. The molecule has 26 heavy (non-hydrogen) atoms. The summed E-state index contributed by atoms with van der Waals surface area (Å²) in [5.74, 6) is 0.924. The van der Waals surface area contributed by atoms with Gasteiger partial charge in [-0.1, -0.05) is 31.9 Å². The van der Waals surface area contributed by atoms with E-state index in [0.717, 1.165) is 31.1 Å². The number of amides is 1. The fourth-order valence-corrected chi connectivity index (χ4v) is 3.73. The SMILES string of the molecule is CCC[C@H](C)C(=O)N1CCC(Oc2cc3cc[nH]c(=O)c3cc2Cl)CC1. The molecule has 1 saturated heterocycles. The quantitative estimate of drug-likeness (QED) is 0.858. The predicted molar refractivity (Wildman–Crippen MR) is 104 cm³/mol. The molecule has 1 aromatic heterocycles. The van der Waals surface area contributed by atoms with Crippen molar-refractivity contribution in [2.75, 3.05) is 13.1 Å². The highest BCUT2D eigenvalue weighted by atomic mass is 35.5. The largest absolute Gasteiger partial charge is 0.489 e. The van der Waals surface area contributed by atoms with E-state index in [4.69, 9.17) is 16.3 Å².